The van der Waals surface area contributed by atoms with E-state index in [9.17, 15) is 14.4 Å². The van der Waals surface area contributed by atoms with Crippen molar-refractivity contribution in [3.8, 4) is 5.75 Å². The summed E-state index contributed by atoms with van der Waals surface area (Å²) in [6.07, 6.45) is 0.140. The molecule has 0 heterocycles. The first kappa shape index (κ1) is 18.4. The number of methoxy groups -OCH3 is 2. The van der Waals surface area contributed by atoms with E-state index in [1.165, 1.54) is 20.3 Å². The van der Waals surface area contributed by atoms with E-state index in [4.69, 9.17) is 14.6 Å². The largest absolute Gasteiger partial charge is 0.497 e. The summed E-state index contributed by atoms with van der Waals surface area (Å²) in [5.41, 5.74) is 0.339. The lowest BCUT2D eigenvalue weighted by atomic mass is 10.2. The van der Waals surface area contributed by atoms with Crippen LogP contribution in [-0.2, 0) is 14.3 Å². The Hall–Kier alpha value is -2.61. The Kier molecular flexibility index (Phi) is 7.55. The van der Waals surface area contributed by atoms with Crippen LogP contribution in [0.15, 0.2) is 24.3 Å². The number of carboxylic acids is 1. The number of rotatable bonds is 9. The van der Waals surface area contributed by atoms with Gasteiger partial charge in [-0.15, -0.1) is 0 Å². The molecule has 126 valence electrons. The van der Waals surface area contributed by atoms with Crippen LogP contribution in [0.2, 0.25) is 0 Å². The molecule has 0 aromatic heterocycles. The predicted octanol–water partition coefficient (Wildman–Crippen LogP) is 0.0309. The van der Waals surface area contributed by atoms with Crippen LogP contribution in [0.4, 0.5) is 0 Å². The SMILES string of the molecule is COCCC(NC(=O)CNC(=O)c1cccc(OC)c1)C(=O)O. The summed E-state index contributed by atoms with van der Waals surface area (Å²) in [6.45, 7) is -0.125. The summed E-state index contributed by atoms with van der Waals surface area (Å²) in [6, 6.07) is 5.40. The standard InChI is InChI=1S/C15H20N2O6/c1-22-7-6-12(15(20)21)17-13(18)9-16-14(19)10-4-3-5-11(8-10)23-2/h3-5,8,12H,6-7,9H2,1-2H3,(H,16,19)(H,17,18)(H,20,21). The van der Waals surface area contributed by atoms with Gasteiger partial charge in [0.2, 0.25) is 5.91 Å². The number of hydrogen-bond donors (Lipinski definition) is 3. The van der Waals surface area contributed by atoms with Gasteiger partial charge in [0.25, 0.3) is 5.91 Å². The second-order valence-corrected chi connectivity index (χ2v) is 4.65. The number of carboxylic acid groups (broad SMARTS) is 1. The van der Waals surface area contributed by atoms with E-state index in [-0.39, 0.29) is 19.6 Å². The molecule has 0 fully saturated rings. The van der Waals surface area contributed by atoms with Crippen LogP contribution in [0.5, 0.6) is 5.75 Å². The molecule has 1 atom stereocenters. The number of carbonyl (C=O) groups is 3. The summed E-state index contributed by atoms with van der Waals surface area (Å²) in [5.74, 6) is -1.69. The van der Waals surface area contributed by atoms with Crippen molar-refractivity contribution in [2.45, 2.75) is 12.5 Å². The molecule has 1 unspecified atom stereocenters. The molecule has 0 saturated heterocycles. The molecule has 1 aromatic carbocycles. The maximum absolute atomic E-state index is 11.9. The van der Waals surface area contributed by atoms with Gasteiger partial charge in [-0.05, 0) is 18.2 Å². The van der Waals surface area contributed by atoms with E-state index in [0.29, 0.717) is 11.3 Å². The zero-order valence-corrected chi connectivity index (χ0v) is 13.0. The van der Waals surface area contributed by atoms with E-state index in [1.54, 1.807) is 18.2 Å². The number of carbonyl (C=O) groups excluding carboxylic acids is 2. The van der Waals surface area contributed by atoms with Crippen molar-refractivity contribution in [2.24, 2.45) is 0 Å². The van der Waals surface area contributed by atoms with Gasteiger partial charge in [-0.2, -0.15) is 0 Å². The second kappa shape index (κ2) is 9.42. The fraction of sp³-hybridized carbons (Fsp3) is 0.400. The van der Waals surface area contributed by atoms with Crippen LogP contribution >= 0.6 is 0 Å². The van der Waals surface area contributed by atoms with Crippen molar-refractivity contribution in [3.63, 3.8) is 0 Å². The average Bonchev–Trinajstić information content (AvgIpc) is 2.56. The Bertz CT molecular complexity index is 561. The molecule has 23 heavy (non-hydrogen) atoms. The van der Waals surface area contributed by atoms with Crippen LogP contribution in [0, 0.1) is 0 Å². The van der Waals surface area contributed by atoms with Gasteiger partial charge in [0, 0.05) is 25.7 Å². The molecule has 0 radical (unpaired) electrons. The van der Waals surface area contributed by atoms with Crippen molar-refractivity contribution in [3.05, 3.63) is 29.8 Å². The smallest absolute Gasteiger partial charge is 0.326 e. The van der Waals surface area contributed by atoms with Crippen LogP contribution in [0.25, 0.3) is 0 Å². The minimum Gasteiger partial charge on any atom is -0.497 e. The van der Waals surface area contributed by atoms with Crippen LogP contribution in [0.1, 0.15) is 16.8 Å². The Balaban J connectivity index is 2.50. The number of ether oxygens (including phenoxy) is 2. The van der Waals surface area contributed by atoms with Crippen molar-refractivity contribution in [1.29, 1.82) is 0 Å². The zero-order valence-electron chi connectivity index (χ0n) is 13.0. The van der Waals surface area contributed by atoms with E-state index < -0.39 is 23.8 Å². The Morgan fingerprint density at radius 1 is 1.26 bits per heavy atom. The Labute approximate surface area is 133 Å². The number of amides is 2. The van der Waals surface area contributed by atoms with Gasteiger partial charge in [-0.3, -0.25) is 9.59 Å². The van der Waals surface area contributed by atoms with Crippen molar-refractivity contribution in [2.75, 3.05) is 27.4 Å². The predicted molar refractivity (Wildman–Crippen MR) is 81.4 cm³/mol. The lowest BCUT2D eigenvalue weighted by Gasteiger charge is -2.14. The molecule has 0 aliphatic rings. The highest BCUT2D eigenvalue weighted by Gasteiger charge is 2.19. The molecular formula is C15H20N2O6. The molecule has 1 rings (SSSR count). The first-order chi connectivity index (χ1) is 11.0. The van der Waals surface area contributed by atoms with E-state index in [0.717, 1.165) is 0 Å². The third-order valence-electron chi connectivity index (χ3n) is 2.99. The minimum atomic E-state index is -1.16. The summed E-state index contributed by atoms with van der Waals surface area (Å²) in [5, 5.41) is 13.7. The molecule has 0 saturated carbocycles. The van der Waals surface area contributed by atoms with Gasteiger partial charge in [0.05, 0.1) is 13.7 Å². The van der Waals surface area contributed by atoms with Crippen molar-refractivity contribution < 1.29 is 29.0 Å². The monoisotopic (exact) mass is 324 g/mol. The summed E-state index contributed by atoms with van der Waals surface area (Å²) in [7, 11) is 2.92. The van der Waals surface area contributed by atoms with E-state index in [1.807, 2.05) is 0 Å². The van der Waals surface area contributed by atoms with E-state index in [2.05, 4.69) is 10.6 Å². The molecule has 8 nitrogen and oxygen atoms in total. The highest BCUT2D eigenvalue weighted by atomic mass is 16.5. The van der Waals surface area contributed by atoms with Gasteiger partial charge >= 0.3 is 5.97 Å². The highest BCUT2D eigenvalue weighted by Crippen LogP contribution is 2.12. The first-order valence-electron chi connectivity index (χ1n) is 6.91. The van der Waals surface area contributed by atoms with Crippen molar-refractivity contribution >= 4 is 17.8 Å². The maximum atomic E-state index is 11.9. The summed E-state index contributed by atoms with van der Waals surface area (Å²) >= 11 is 0. The molecule has 2 amide bonds. The molecule has 0 spiro atoms. The third-order valence-corrected chi connectivity index (χ3v) is 2.99. The fourth-order valence-corrected chi connectivity index (χ4v) is 1.77. The summed E-state index contributed by atoms with van der Waals surface area (Å²) in [4.78, 5) is 34.7. The van der Waals surface area contributed by atoms with E-state index >= 15 is 0 Å². The molecular weight excluding hydrogens is 304 g/mol. The first-order valence-corrected chi connectivity index (χ1v) is 6.91. The van der Waals surface area contributed by atoms with Gasteiger partial charge in [-0.1, -0.05) is 6.07 Å². The lowest BCUT2D eigenvalue weighted by molar-refractivity contribution is -0.142. The fourth-order valence-electron chi connectivity index (χ4n) is 1.77. The molecule has 1 aromatic rings. The number of hydrogen-bond acceptors (Lipinski definition) is 5. The quantitative estimate of drug-likeness (QED) is 0.590. The third kappa shape index (κ3) is 6.35. The summed E-state index contributed by atoms with van der Waals surface area (Å²) < 4.78 is 9.80. The number of aliphatic carboxylic acids is 1. The number of nitrogens with one attached hydrogen (secondary N) is 2. The molecule has 0 aliphatic heterocycles. The molecule has 3 N–H and O–H groups in total. The molecule has 8 heteroatoms. The Morgan fingerprint density at radius 3 is 2.61 bits per heavy atom. The van der Waals surface area contributed by atoms with Gasteiger partial charge in [0.15, 0.2) is 0 Å². The van der Waals surface area contributed by atoms with Gasteiger partial charge in [0.1, 0.15) is 11.8 Å². The van der Waals surface area contributed by atoms with Gasteiger partial charge in [-0.25, -0.2) is 4.79 Å². The molecule has 0 bridgehead atoms. The molecule has 0 aliphatic carbocycles. The highest BCUT2D eigenvalue weighted by molar-refractivity contribution is 5.97. The van der Waals surface area contributed by atoms with Gasteiger partial charge < -0.3 is 25.2 Å². The van der Waals surface area contributed by atoms with Crippen LogP contribution in [-0.4, -0.2) is 56.3 Å². The zero-order chi connectivity index (χ0) is 17.2. The topological polar surface area (TPSA) is 114 Å². The minimum absolute atomic E-state index is 0.140. The maximum Gasteiger partial charge on any atom is 0.326 e. The second-order valence-electron chi connectivity index (χ2n) is 4.65. The van der Waals surface area contributed by atoms with Crippen LogP contribution in [0.3, 0.4) is 0 Å². The lowest BCUT2D eigenvalue weighted by Crippen LogP contribution is -2.46. The Morgan fingerprint density at radius 2 is 2.00 bits per heavy atom. The van der Waals surface area contributed by atoms with Crippen molar-refractivity contribution in [1.82, 2.24) is 10.6 Å². The average molecular weight is 324 g/mol. The number of benzene rings is 1. The van der Waals surface area contributed by atoms with Crippen LogP contribution < -0.4 is 15.4 Å². The normalized spacial score (nSPS) is 11.4.